The maximum Gasteiger partial charge on any atom is 0.147 e. The highest BCUT2D eigenvalue weighted by Crippen LogP contribution is 2.38. The minimum atomic E-state index is -0.0257. The molecule has 2 aliphatic heterocycles. The summed E-state index contributed by atoms with van der Waals surface area (Å²) in [4.78, 5) is 4.59. The molecule has 6 nitrogen and oxygen atoms in total. The summed E-state index contributed by atoms with van der Waals surface area (Å²) < 4.78 is 0. The Bertz CT molecular complexity index is 583. The average Bonchev–Trinajstić information content (AvgIpc) is 2.55. The standard InChI is InChI=1S/C21H38N6/c1-20(2,3)26-11-7-9-14-16(22)18(24)15(19(25)17(14)23)10-8-12-27(13-26)21(4,5)6/h7-12,22-25H2,1-6H3. The van der Waals surface area contributed by atoms with Crippen molar-refractivity contribution in [2.24, 2.45) is 0 Å². The Kier molecular flexibility index (Phi) is 6.22. The zero-order chi connectivity index (χ0) is 20.6. The predicted octanol–water partition coefficient (Wildman–Crippen LogP) is 3.09. The number of nitrogen functional groups attached to an aromatic ring is 4. The lowest BCUT2D eigenvalue weighted by Gasteiger charge is -2.43. The Balaban J connectivity index is 2.44. The summed E-state index contributed by atoms with van der Waals surface area (Å²) in [5, 5.41) is 0. The van der Waals surface area contributed by atoms with Crippen LogP contribution in [0, 0.1) is 6.67 Å². The van der Waals surface area contributed by atoms with E-state index in [2.05, 4.69) is 58.0 Å². The van der Waals surface area contributed by atoms with Crippen molar-refractivity contribution in [3.8, 4) is 0 Å². The van der Waals surface area contributed by atoms with Crippen LogP contribution in [0.25, 0.3) is 0 Å². The normalized spacial score (nSPS) is 18.7. The van der Waals surface area contributed by atoms with Gasteiger partial charge in [0.15, 0.2) is 0 Å². The Morgan fingerprint density at radius 1 is 0.630 bits per heavy atom. The molecule has 0 fully saturated rings. The lowest BCUT2D eigenvalue weighted by atomic mass is 9.95. The number of fused-ring (bicyclic) bond motifs is 10. The molecule has 152 valence electrons. The van der Waals surface area contributed by atoms with Crippen molar-refractivity contribution in [1.29, 1.82) is 0 Å². The molecule has 8 N–H and O–H groups in total. The van der Waals surface area contributed by atoms with Crippen LogP contribution in [-0.2, 0) is 12.8 Å². The Hall–Kier alpha value is -1.66. The molecule has 0 spiro atoms. The van der Waals surface area contributed by atoms with Crippen LogP contribution in [0.15, 0.2) is 0 Å². The fourth-order valence-electron chi connectivity index (χ4n) is 3.52. The smallest absolute Gasteiger partial charge is 0.147 e. The minimum Gasteiger partial charge on any atom is -0.397 e. The highest BCUT2D eigenvalue weighted by atomic mass is 15.4. The first-order chi connectivity index (χ1) is 12.3. The van der Waals surface area contributed by atoms with Crippen molar-refractivity contribution >= 4 is 22.7 Å². The van der Waals surface area contributed by atoms with Crippen LogP contribution in [-0.4, -0.2) is 34.0 Å². The zero-order valence-corrected chi connectivity index (χ0v) is 17.9. The van der Waals surface area contributed by atoms with Gasteiger partial charge in [-0.15, -0.1) is 0 Å². The van der Waals surface area contributed by atoms with E-state index in [-0.39, 0.29) is 11.1 Å². The van der Waals surface area contributed by atoms with Crippen LogP contribution >= 0.6 is 0 Å². The van der Waals surface area contributed by atoms with Gasteiger partial charge in [0, 0.05) is 35.3 Å². The maximum atomic E-state index is 6.34. The molecule has 0 saturated heterocycles. The van der Waals surface area contributed by atoms with E-state index < -0.39 is 0 Å². The van der Waals surface area contributed by atoms with Crippen molar-refractivity contribution < 1.29 is 0 Å². The van der Waals surface area contributed by atoms with Gasteiger partial charge >= 0.3 is 0 Å². The van der Waals surface area contributed by atoms with Crippen LogP contribution in [0.3, 0.4) is 0 Å². The molecule has 3 rings (SSSR count). The molecular formula is C21H38N6. The fraction of sp³-hybridized carbons (Fsp3) is 0.667. The first-order valence-electron chi connectivity index (χ1n) is 9.89. The van der Waals surface area contributed by atoms with Crippen LogP contribution in [0.4, 0.5) is 22.7 Å². The van der Waals surface area contributed by atoms with E-state index in [0.29, 0.717) is 22.7 Å². The van der Waals surface area contributed by atoms with E-state index in [1.165, 1.54) is 0 Å². The number of rotatable bonds is 0. The summed E-state index contributed by atoms with van der Waals surface area (Å²) in [6, 6.07) is 0. The summed E-state index contributed by atoms with van der Waals surface area (Å²) in [6.45, 7) is 18.7. The van der Waals surface area contributed by atoms with E-state index in [1.807, 2.05) is 0 Å². The molecule has 2 aliphatic rings. The molecule has 0 saturated carbocycles. The molecule has 6 heteroatoms. The van der Waals surface area contributed by atoms with Crippen LogP contribution in [0.5, 0.6) is 0 Å². The summed E-state index contributed by atoms with van der Waals surface area (Å²) in [5.74, 6) is 0. The molecule has 0 aliphatic carbocycles. The second-order valence-corrected chi connectivity index (χ2v) is 9.56. The van der Waals surface area contributed by atoms with Crippen LogP contribution < -0.4 is 22.9 Å². The SMILES string of the molecule is CC(C)(C)N1[C]N(C(C)(C)C)CCCc2c(N)c(N)c(c(N)c2N)CCC1. The van der Waals surface area contributed by atoms with Crippen LogP contribution in [0.1, 0.15) is 65.5 Å². The van der Waals surface area contributed by atoms with E-state index in [4.69, 9.17) is 22.9 Å². The summed E-state index contributed by atoms with van der Waals surface area (Å²) in [7, 11) is 0. The molecule has 0 amide bonds. The van der Waals surface area contributed by atoms with E-state index >= 15 is 0 Å². The third-order valence-corrected chi connectivity index (χ3v) is 5.36. The predicted molar refractivity (Wildman–Crippen MR) is 117 cm³/mol. The van der Waals surface area contributed by atoms with Gasteiger partial charge in [0.2, 0.25) is 0 Å². The molecule has 2 heterocycles. The molecule has 2 bridgehead atoms. The quantitative estimate of drug-likeness (QED) is 0.519. The zero-order valence-electron chi connectivity index (χ0n) is 17.9. The van der Waals surface area contributed by atoms with Gasteiger partial charge in [0.05, 0.1) is 22.7 Å². The molecule has 1 aromatic rings. The molecule has 27 heavy (non-hydrogen) atoms. The van der Waals surface area contributed by atoms with Gasteiger partial charge in [0.25, 0.3) is 0 Å². The number of benzene rings is 1. The van der Waals surface area contributed by atoms with Gasteiger partial charge in [-0.2, -0.15) is 0 Å². The van der Waals surface area contributed by atoms with Crippen LogP contribution in [0.2, 0.25) is 0 Å². The largest absolute Gasteiger partial charge is 0.397 e. The molecule has 0 atom stereocenters. The molecular weight excluding hydrogens is 336 g/mol. The maximum absolute atomic E-state index is 6.34. The van der Waals surface area contributed by atoms with Gasteiger partial charge in [-0.3, -0.25) is 9.80 Å². The Morgan fingerprint density at radius 3 is 1.19 bits per heavy atom. The van der Waals surface area contributed by atoms with Crippen molar-refractivity contribution in [3.63, 3.8) is 0 Å². The summed E-state index contributed by atoms with van der Waals surface area (Å²) >= 11 is 0. The Morgan fingerprint density at radius 2 is 0.926 bits per heavy atom. The monoisotopic (exact) mass is 374 g/mol. The van der Waals surface area contributed by atoms with E-state index in [0.717, 1.165) is 49.9 Å². The molecule has 2 radical (unpaired) electrons. The third-order valence-electron chi connectivity index (χ3n) is 5.36. The Labute approximate surface area is 165 Å². The van der Waals surface area contributed by atoms with E-state index in [1.54, 1.807) is 0 Å². The van der Waals surface area contributed by atoms with Crippen molar-refractivity contribution in [3.05, 3.63) is 17.8 Å². The summed E-state index contributed by atoms with van der Waals surface area (Å²) in [5.41, 5.74) is 29.5. The van der Waals surface area contributed by atoms with E-state index in [9.17, 15) is 0 Å². The number of hydrogen-bond acceptors (Lipinski definition) is 6. The second-order valence-electron chi connectivity index (χ2n) is 9.56. The van der Waals surface area contributed by atoms with Gasteiger partial charge < -0.3 is 22.9 Å². The number of nitrogens with zero attached hydrogens (tertiary/aromatic N) is 2. The van der Waals surface area contributed by atoms with Crippen molar-refractivity contribution in [1.82, 2.24) is 9.80 Å². The first kappa shape index (κ1) is 21.6. The molecule has 1 aromatic carbocycles. The number of hydrogen-bond donors (Lipinski definition) is 4. The first-order valence-corrected chi connectivity index (χ1v) is 9.89. The minimum absolute atomic E-state index is 0.0257. The molecule has 0 aromatic heterocycles. The van der Waals surface area contributed by atoms with Crippen molar-refractivity contribution in [2.45, 2.75) is 78.3 Å². The number of nitrogens with two attached hydrogens (primary N) is 4. The average molecular weight is 375 g/mol. The second kappa shape index (κ2) is 7.76. The summed E-state index contributed by atoms with van der Waals surface area (Å²) in [6.07, 6.45) is 3.29. The topological polar surface area (TPSA) is 111 Å². The van der Waals surface area contributed by atoms with Gasteiger partial charge in [-0.1, -0.05) is 0 Å². The lowest BCUT2D eigenvalue weighted by Crippen LogP contribution is -2.50. The van der Waals surface area contributed by atoms with Gasteiger partial charge in [-0.05, 0) is 67.2 Å². The van der Waals surface area contributed by atoms with Gasteiger partial charge in [0.1, 0.15) is 6.67 Å². The van der Waals surface area contributed by atoms with Gasteiger partial charge in [-0.25, -0.2) is 0 Å². The molecule has 0 unspecified atom stereocenters. The lowest BCUT2D eigenvalue weighted by molar-refractivity contribution is 0.0616. The fourth-order valence-corrected chi connectivity index (χ4v) is 3.52. The van der Waals surface area contributed by atoms with Crippen molar-refractivity contribution in [2.75, 3.05) is 36.0 Å². The number of anilines is 4. The highest BCUT2D eigenvalue weighted by molar-refractivity contribution is 5.88. The third kappa shape index (κ3) is 4.79. The highest BCUT2D eigenvalue weighted by Gasteiger charge is 2.30.